The van der Waals surface area contributed by atoms with Crippen LogP contribution in [0.15, 0.2) is 91.0 Å². The van der Waals surface area contributed by atoms with Crippen LogP contribution in [0.4, 0.5) is 8.78 Å². The Hall–Kier alpha value is -3.26. The Kier molecular flexibility index (Phi) is 4.09. The van der Waals surface area contributed by atoms with Crippen molar-refractivity contribution in [3.63, 3.8) is 0 Å². The van der Waals surface area contributed by atoms with Gasteiger partial charge in [-0.15, -0.1) is 0 Å². The molecule has 0 aromatic heterocycles. The minimum atomic E-state index is -0.816. The van der Waals surface area contributed by atoms with Gasteiger partial charge in [0.2, 0.25) is 0 Å². The first kappa shape index (κ1) is 17.8. The van der Waals surface area contributed by atoms with Gasteiger partial charge < -0.3 is 0 Å². The topological polar surface area (TPSA) is 0 Å². The zero-order chi connectivity index (χ0) is 20.0. The molecule has 0 radical (unpaired) electrons. The van der Waals surface area contributed by atoms with E-state index in [9.17, 15) is 8.78 Å². The third-order valence-electron chi connectivity index (χ3n) is 6.06. The lowest BCUT2D eigenvalue weighted by Gasteiger charge is -2.33. The Bertz CT molecular complexity index is 1150. The highest BCUT2D eigenvalue weighted by Crippen LogP contribution is 2.56. The second-order valence-electron chi connectivity index (χ2n) is 7.53. The van der Waals surface area contributed by atoms with Crippen LogP contribution in [0.5, 0.6) is 0 Å². The van der Waals surface area contributed by atoms with E-state index in [1.807, 2.05) is 36.4 Å². The van der Waals surface area contributed by atoms with Crippen LogP contribution in [-0.2, 0) is 11.8 Å². The van der Waals surface area contributed by atoms with Gasteiger partial charge in [0.25, 0.3) is 0 Å². The average molecular weight is 382 g/mol. The molecule has 0 saturated carbocycles. The average Bonchev–Trinajstić information content (AvgIpc) is 3.05. The van der Waals surface area contributed by atoms with E-state index in [1.54, 1.807) is 0 Å². The number of hydrogen-bond donors (Lipinski definition) is 0. The van der Waals surface area contributed by atoms with Crippen molar-refractivity contribution in [2.75, 3.05) is 0 Å². The zero-order valence-electron chi connectivity index (χ0n) is 16.1. The molecule has 0 aliphatic heterocycles. The third kappa shape index (κ3) is 2.49. The fourth-order valence-corrected chi connectivity index (χ4v) is 4.75. The fraction of sp³-hybridized carbons (Fsp3) is 0.111. The molecule has 29 heavy (non-hydrogen) atoms. The Morgan fingerprint density at radius 3 is 1.76 bits per heavy atom. The molecule has 4 aromatic carbocycles. The highest BCUT2D eigenvalue weighted by molar-refractivity contribution is 5.86. The number of hydrogen-bond acceptors (Lipinski definition) is 0. The summed E-state index contributed by atoms with van der Waals surface area (Å²) in [6, 6.07) is 29.3. The van der Waals surface area contributed by atoms with Crippen molar-refractivity contribution in [1.29, 1.82) is 0 Å². The van der Waals surface area contributed by atoms with Crippen molar-refractivity contribution in [3.05, 3.63) is 130 Å². The van der Waals surface area contributed by atoms with Crippen LogP contribution in [-0.4, -0.2) is 0 Å². The number of halogens is 2. The van der Waals surface area contributed by atoms with E-state index >= 15 is 0 Å². The minimum Gasteiger partial charge on any atom is -0.204 e. The summed E-state index contributed by atoms with van der Waals surface area (Å²) in [5.41, 5.74) is 6.17. The van der Waals surface area contributed by atoms with Crippen molar-refractivity contribution in [2.45, 2.75) is 18.8 Å². The summed E-state index contributed by atoms with van der Waals surface area (Å²) in [6.07, 6.45) is 0.885. The number of benzene rings is 4. The summed E-state index contributed by atoms with van der Waals surface area (Å²) < 4.78 is 28.9. The number of rotatable bonds is 3. The van der Waals surface area contributed by atoms with E-state index in [2.05, 4.69) is 49.4 Å². The molecule has 0 nitrogen and oxygen atoms in total. The molecule has 4 aromatic rings. The Morgan fingerprint density at radius 1 is 0.621 bits per heavy atom. The zero-order valence-corrected chi connectivity index (χ0v) is 16.1. The normalized spacial score (nSPS) is 13.8. The van der Waals surface area contributed by atoms with Gasteiger partial charge in [-0.3, -0.25) is 0 Å². The van der Waals surface area contributed by atoms with Crippen LogP contribution in [0.2, 0.25) is 0 Å². The summed E-state index contributed by atoms with van der Waals surface area (Å²) in [6.45, 7) is 2.10. The second-order valence-corrected chi connectivity index (χ2v) is 7.53. The number of fused-ring (bicyclic) bond motifs is 3. The first-order valence-electron chi connectivity index (χ1n) is 9.90. The first-order valence-corrected chi connectivity index (χ1v) is 9.90. The molecule has 0 N–H and O–H groups in total. The van der Waals surface area contributed by atoms with Gasteiger partial charge in [-0.05, 0) is 57.5 Å². The molecule has 5 rings (SSSR count). The van der Waals surface area contributed by atoms with Gasteiger partial charge in [-0.1, -0.05) is 85.8 Å². The molecule has 0 atom stereocenters. The quantitative estimate of drug-likeness (QED) is 0.319. The first-order chi connectivity index (χ1) is 14.2. The smallest absolute Gasteiger partial charge is 0.159 e. The summed E-state index contributed by atoms with van der Waals surface area (Å²) in [5, 5.41) is 0. The molecule has 1 aliphatic carbocycles. The van der Waals surface area contributed by atoms with Gasteiger partial charge in [0.1, 0.15) is 0 Å². The Balaban J connectivity index is 1.98. The number of aryl methyl sites for hydroxylation is 1. The standard InChI is InChI=1S/C27H20F2/c1-2-18-13-14-23-21(15-18)22-16-25(28)26(29)17-24(22)27(23,19-9-5-3-6-10-19)20-11-7-4-8-12-20/h3-17H,2H2,1H3. The highest BCUT2D eigenvalue weighted by atomic mass is 19.2. The maximum absolute atomic E-state index is 14.5. The van der Waals surface area contributed by atoms with E-state index in [-0.39, 0.29) is 0 Å². The van der Waals surface area contributed by atoms with Crippen LogP contribution in [0, 0.1) is 11.6 Å². The van der Waals surface area contributed by atoms with Gasteiger partial charge in [0.15, 0.2) is 11.6 Å². The van der Waals surface area contributed by atoms with E-state index in [4.69, 9.17) is 0 Å². The minimum absolute atomic E-state index is 0.687. The maximum Gasteiger partial charge on any atom is 0.159 e. The fourth-order valence-electron chi connectivity index (χ4n) is 4.75. The monoisotopic (exact) mass is 382 g/mol. The van der Waals surface area contributed by atoms with Crippen molar-refractivity contribution < 1.29 is 8.78 Å². The van der Waals surface area contributed by atoms with Crippen molar-refractivity contribution in [1.82, 2.24) is 0 Å². The van der Waals surface area contributed by atoms with Crippen molar-refractivity contribution in [2.24, 2.45) is 0 Å². The third-order valence-corrected chi connectivity index (χ3v) is 6.06. The van der Waals surface area contributed by atoms with Crippen molar-refractivity contribution in [3.8, 4) is 11.1 Å². The van der Waals surface area contributed by atoms with Gasteiger partial charge in [-0.25, -0.2) is 8.78 Å². The van der Waals surface area contributed by atoms with Crippen LogP contribution in [0.3, 0.4) is 0 Å². The van der Waals surface area contributed by atoms with Crippen LogP contribution < -0.4 is 0 Å². The van der Waals surface area contributed by atoms with Gasteiger partial charge in [-0.2, -0.15) is 0 Å². The van der Waals surface area contributed by atoms with E-state index in [1.165, 1.54) is 17.7 Å². The van der Waals surface area contributed by atoms with Gasteiger partial charge in [0, 0.05) is 0 Å². The predicted molar refractivity (Wildman–Crippen MR) is 113 cm³/mol. The summed E-state index contributed by atoms with van der Waals surface area (Å²) >= 11 is 0. The molecular weight excluding hydrogens is 362 g/mol. The SMILES string of the molecule is CCc1ccc2c(c1)-c1cc(F)c(F)cc1C2(c1ccccc1)c1ccccc1. The molecule has 0 amide bonds. The lowest BCUT2D eigenvalue weighted by Crippen LogP contribution is -2.28. The van der Waals surface area contributed by atoms with Crippen molar-refractivity contribution >= 4 is 0 Å². The van der Waals surface area contributed by atoms with Crippen LogP contribution >= 0.6 is 0 Å². The molecule has 0 heterocycles. The van der Waals surface area contributed by atoms with Crippen LogP contribution in [0.25, 0.3) is 11.1 Å². The summed E-state index contributed by atoms with van der Waals surface area (Å²) in [5.74, 6) is -1.63. The van der Waals surface area contributed by atoms with Crippen LogP contribution in [0.1, 0.15) is 34.7 Å². The molecule has 0 fully saturated rings. The molecule has 0 saturated heterocycles. The molecule has 0 unspecified atom stereocenters. The molecule has 2 heteroatoms. The highest BCUT2D eigenvalue weighted by Gasteiger charge is 2.46. The summed E-state index contributed by atoms with van der Waals surface area (Å²) in [4.78, 5) is 0. The van der Waals surface area contributed by atoms with E-state index in [0.717, 1.165) is 39.8 Å². The van der Waals surface area contributed by atoms with Gasteiger partial charge in [0.05, 0.1) is 5.41 Å². The predicted octanol–water partition coefficient (Wildman–Crippen LogP) is 6.89. The molecule has 1 aliphatic rings. The van der Waals surface area contributed by atoms with Gasteiger partial charge >= 0.3 is 0 Å². The van der Waals surface area contributed by atoms with E-state index < -0.39 is 17.0 Å². The van der Waals surface area contributed by atoms with E-state index in [0.29, 0.717) is 0 Å². The molecule has 0 bridgehead atoms. The largest absolute Gasteiger partial charge is 0.204 e. The molecular formula is C27H20F2. The lowest BCUT2D eigenvalue weighted by atomic mass is 9.67. The lowest BCUT2D eigenvalue weighted by molar-refractivity contribution is 0.506. The molecule has 142 valence electrons. The summed E-state index contributed by atoms with van der Waals surface area (Å²) in [7, 11) is 0. The Labute approximate surface area is 169 Å². The Morgan fingerprint density at radius 2 is 1.17 bits per heavy atom. The maximum atomic E-state index is 14.5. The molecule has 0 spiro atoms. The second kappa shape index (κ2) is 6.66.